The maximum absolute atomic E-state index is 4.98. The van der Waals surface area contributed by atoms with Crippen LogP contribution in [0.25, 0.3) is 0 Å². The van der Waals surface area contributed by atoms with E-state index < -0.39 is 0 Å². The number of allylic oxidation sites excluding steroid dienone is 2. The van der Waals surface area contributed by atoms with Gasteiger partial charge in [-0.1, -0.05) is 6.08 Å². The second-order valence-corrected chi connectivity index (χ2v) is 1.94. The van der Waals surface area contributed by atoms with Crippen molar-refractivity contribution in [2.75, 3.05) is 12.4 Å². The first-order valence-corrected chi connectivity index (χ1v) is 3.53. The van der Waals surface area contributed by atoms with Crippen molar-refractivity contribution in [2.24, 2.45) is 0 Å². The first kappa shape index (κ1) is 8.63. The van der Waals surface area contributed by atoms with Gasteiger partial charge in [0.2, 0.25) is 0 Å². The number of hydrogen-bond acceptors (Lipinski definition) is 2. The fourth-order valence-electron chi connectivity index (χ4n) is 0.341. The lowest BCUT2D eigenvalue weighted by atomic mass is 10.4. The molecule has 0 radical (unpaired) electrons. The molecule has 0 fully saturated rings. The van der Waals surface area contributed by atoms with E-state index in [0.29, 0.717) is 6.61 Å². The highest BCUT2D eigenvalue weighted by atomic mass is 32.1. The van der Waals surface area contributed by atoms with E-state index in [1.165, 1.54) is 0 Å². The summed E-state index contributed by atoms with van der Waals surface area (Å²) in [6.45, 7) is 4.23. The fourth-order valence-corrected chi connectivity index (χ4v) is 0.446. The summed E-state index contributed by atoms with van der Waals surface area (Å²) in [6.07, 6.45) is 6.28. The van der Waals surface area contributed by atoms with E-state index in [2.05, 4.69) is 19.2 Å². The lowest BCUT2D eigenvalue weighted by Crippen LogP contribution is -1.85. The standard InChI is InChI=1S/C7H12OS/c1-2-3-4-5-8-6-7-9/h2,4-5,9H,1,3,6-7H2. The van der Waals surface area contributed by atoms with Crippen LogP contribution in [0.5, 0.6) is 0 Å². The highest BCUT2D eigenvalue weighted by Crippen LogP contribution is 1.84. The minimum atomic E-state index is 0.677. The molecule has 1 nitrogen and oxygen atoms in total. The van der Waals surface area contributed by atoms with Crippen LogP contribution in [0.1, 0.15) is 6.42 Å². The van der Waals surface area contributed by atoms with E-state index in [9.17, 15) is 0 Å². The lowest BCUT2D eigenvalue weighted by Gasteiger charge is -1.92. The second-order valence-electron chi connectivity index (χ2n) is 1.49. The van der Waals surface area contributed by atoms with Gasteiger partial charge in [-0.3, -0.25) is 0 Å². The van der Waals surface area contributed by atoms with Crippen molar-refractivity contribution in [3.8, 4) is 0 Å². The van der Waals surface area contributed by atoms with Crippen LogP contribution >= 0.6 is 12.6 Å². The molecule has 52 valence electrons. The van der Waals surface area contributed by atoms with Crippen LogP contribution in [0.3, 0.4) is 0 Å². The van der Waals surface area contributed by atoms with E-state index in [1.807, 2.05) is 12.2 Å². The zero-order valence-electron chi connectivity index (χ0n) is 5.42. The molecule has 0 saturated heterocycles. The summed E-state index contributed by atoms with van der Waals surface area (Å²) in [5.41, 5.74) is 0. The summed E-state index contributed by atoms with van der Waals surface area (Å²) in [5.74, 6) is 0.762. The van der Waals surface area contributed by atoms with Gasteiger partial charge in [0.15, 0.2) is 0 Å². The zero-order chi connectivity index (χ0) is 6.95. The Morgan fingerprint density at radius 2 is 2.33 bits per heavy atom. The molecule has 0 aliphatic carbocycles. The van der Waals surface area contributed by atoms with Crippen LogP contribution in [-0.4, -0.2) is 12.4 Å². The number of rotatable bonds is 5. The van der Waals surface area contributed by atoms with E-state index in [-0.39, 0.29) is 0 Å². The monoisotopic (exact) mass is 144 g/mol. The molecule has 0 aliphatic heterocycles. The van der Waals surface area contributed by atoms with Gasteiger partial charge in [0.05, 0.1) is 12.9 Å². The molecule has 0 N–H and O–H groups in total. The normalized spacial score (nSPS) is 9.89. The van der Waals surface area contributed by atoms with Gasteiger partial charge < -0.3 is 4.74 Å². The molecule has 0 rings (SSSR count). The van der Waals surface area contributed by atoms with Crippen molar-refractivity contribution in [1.29, 1.82) is 0 Å². The summed E-state index contributed by atoms with van der Waals surface area (Å²) in [4.78, 5) is 0. The highest BCUT2D eigenvalue weighted by molar-refractivity contribution is 7.80. The van der Waals surface area contributed by atoms with Crippen LogP contribution in [0, 0.1) is 0 Å². The molecule has 0 bridgehead atoms. The van der Waals surface area contributed by atoms with Crippen molar-refractivity contribution >= 4 is 12.6 Å². The van der Waals surface area contributed by atoms with Crippen LogP contribution in [0.4, 0.5) is 0 Å². The predicted octanol–water partition coefficient (Wildman–Crippen LogP) is 2.02. The Morgan fingerprint density at radius 3 is 2.89 bits per heavy atom. The SMILES string of the molecule is C=CCC=COCCS. The van der Waals surface area contributed by atoms with Gasteiger partial charge in [0.1, 0.15) is 0 Å². The molecule has 9 heavy (non-hydrogen) atoms. The van der Waals surface area contributed by atoms with Gasteiger partial charge >= 0.3 is 0 Å². The molecular weight excluding hydrogens is 132 g/mol. The minimum Gasteiger partial charge on any atom is -0.501 e. The first-order valence-electron chi connectivity index (χ1n) is 2.90. The van der Waals surface area contributed by atoms with Crippen LogP contribution in [-0.2, 0) is 4.74 Å². The maximum atomic E-state index is 4.98. The third kappa shape index (κ3) is 7.63. The van der Waals surface area contributed by atoms with Crippen molar-refractivity contribution in [2.45, 2.75) is 6.42 Å². The molecular formula is C7H12OS. The molecule has 0 atom stereocenters. The Morgan fingerprint density at radius 1 is 1.56 bits per heavy atom. The third-order valence-corrected chi connectivity index (χ3v) is 0.887. The van der Waals surface area contributed by atoms with Gasteiger partial charge in [-0.25, -0.2) is 0 Å². The number of ether oxygens (including phenoxy) is 1. The Bertz CT molecular complexity index is 88.9. The Hall–Kier alpha value is -0.370. The first-order chi connectivity index (χ1) is 4.41. The number of thiol groups is 1. The van der Waals surface area contributed by atoms with E-state index in [0.717, 1.165) is 12.2 Å². The van der Waals surface area contributed by atoms with Crippen LogP contribution in [0.2, 0.25) is 0 Å². The summed E-state index contributed by atoms with van der Waals surface area (Å²) in [6, 6.07) is 0. The second kappa shape index (κ2) is 7.63. The van der Waals surface area contributed by atoms with Crippen molar-refractivity contribution in [3.63, 3.8) is 0 Å². The Labute approximate surface area is 61.8 Å². The smallest absolute Gasteiger partial charge is 0.0961 e. The van der Waals surface area contributed by atoms with E-state index >= 15 is 0 Å². The van der Waals surface area contributed by atoms with Gasteiger partial charge in [0, 0.05) is 5.75 Å². The molecule has 0 aromatic rings. The highest BCUT2D eigenvalue weighted by Gasteiger charge is 1.73. The van der Waals surface area contributed by atoms with Gasteiger partial charge in [-0.05, 0) is 12.5 Å². The fraction of sp³-hybridized carbons (Fsp3) is 0.429. The molecule has 0 aromatic heterocycles. The largest absolute Gasteiger partial charge is 0.501 e. The molecule has 2 heteroatoms. The topological polar surface area (TPSA) is 9.23 Å². The van der Waals surface area contributed by atoms with E-state index in [4.69, 9.17) is 4.74 Å². The average Bonchev–Trinajstić information content (AvgIpc) is 1.89. The predicted molar refractivity (Wildman–Crippen MR) is 43.8 cm³/mol. The molecule has 0 spiro atoms. The zero-order valence-corrected chi connectivity index (χ0v) is 6.31. The molecule has 0 aliphatic rings. The van der Waals surface area contributed by atoms with Crippen molar-refractivity contribution in [3.05, 3.63) is 25.0 Å². The molecule has 0 heterocycles. The maximum Gasteiger partial charge on any atom is 0.0961 e. The van der Waals surface area contributed by atoms with Gasteiger partial charge in [-0.2, -0.15) is 12.6 Å². The lowest BCUT2D eigenvalue weighted by molar-refractivity contribution is 0.272. The number of hydrogen-bond donors (Lipinski definition) is 1. The summed E-state index contributed by atoms with van der Waals surface area (Å²) >= 11 is 3.97. The molecule has 0 saturated carbocycles. The summed E-state index contributed by atoms with van der Waals surface area (Å²) in [7, 11) is 0. The minimum absolute atomic E-state index is 0.677. The van der Waals surface area contributed by atoms with Gasteiger partial charge in [-0.15, -0.1) is 6.58 Å². The van der Waals surface area contributed by atoms with Crippen LogP contribution < -0.4 is 0 Å². The quantitative estimate of drug-likeness (QED) is 0.269. The molecule has 0 amide bonds. The van der Waals surface area contributed by atoms with E-state index in [1.54, 1.807) is 6.26 Å². The van der Waals surface area contributed by atoms with Gasteiger partial charge in [0.25, 0.3) is 0 Å². The Kier molecular flexibility index (Phi) is 7.32. The van der Waals surface area contributed by atoms with Crippen LogP contribution in [0.15, 0.2) is 25.0 Å². The summed E-state index contributed by atoms with van der Waals surface area (Å²) < 4.78 is 4.98. The third-order valence-electron chi connectivity index (χ3n) is 0.704. The Balaban J connectivity index is 2.94. The molecule has 0 unspecified atom stereocenters. The van der Waals surface area contributed by atoms with Crippen molar-refractivity contribution < 1.29 is 4.74 Å². The molecule has 0 aromatic carbocycles. The van der Waals surface area contributed by atoms with Crippen molar-refractivity contribution in [1.82, 2.24) is 0 Å². The average molecular weight is 144 g/mol. The summed E-state index contributed by atoms with van der Waals surface area (Å²) in [5, 5.41) is 0.